The molecule has 0 fully saturated rings. The second kappa shape index (κ2) is 8.97. The van der Waals surface area contributed by atoms with E-state index in [1.54, 1.807) is 23.1 Å². The van der Waals surface area contributed by atoms with Crippen LogP contribution in [-0.2, 0) is 13.5 Å². The first kappa shape index (κ1) is 21.6. The lowest BCUT2D eigenvalue weighted by molar-refractivity contribution is 0.0955. The summed E-state index contributed by atoms with van der Waals surface area (Å²) in [5, 5.41) is 12.9. The molecule has 172 valence electrons. The standard InChI is InChI=1S/C26H26N6O2/c1-17-19(16-32(30-17)20-10-5-4-6-11-20)9-7-13-27-26(33)21-15-22(23-12-8-14-34-23)28-25-24(21)18(2)29-31(25)3/h4-6,8,10-12,14-16H,7,9,13H2,1-3H3,(H,27,33). The number of rotatable bonds is 7. The number of aromatic nitrogens is 5. The van der Waals surface area contributed by atoms with E-state index in [9.17, 15) is 4.79 Å². The van der Waals surface area contributed by atoms with E-state index >= 15 is 0 Å². The third kappa shape index (κ3) is 4.10. The first-order valence-corrected chi connectivity index (χ1v) is 11.3. The van der Waals surface area contributed by atoms with Gasteiger partial charge in [-0.3, -0.25) is 9.48 Å². The topological polar surface area (TPSA) is 90.8 Å². The number of furan rings is 1. The lowest BCUT2D eigenvalue weighted by atomic mass is 10.1. The molecule has 8 nitrogen and oxygen atoms in total. The van der Waals surface area contributed by atoms with Gasteiger partial charge in [0.1, 0.15) is 5.69 Å². The lowest BCUT2D eigenvalue weighted by Crippen LogP contribution is -2.25. The summed E-state index contributed by atoms with van der Waals surface area (Å²) in [6, 6.07) is 15.5. The SMILES string of the molecule is Cc1nn(-c2ccccc2)cc1CCCNC(=O)c1cc(-c2ccco2)nc2c1c(C)nn2C. The van der Waals surface area contributed by atoms with Crippen molar-refractivity contribution in [2.75, 3.05) is 6.54 Å². The minimum Gasteiger partial charge on any atom is -0.463 e. The highest BCUT2D eigenvalue weighted by atomic mass is 16.3. The molecule has 0 saturated carbocycles. The van der Waals surface area contributed by atoms with Gasteiger partial charge in [0, 0.05) is 19.8 Å². The molecule has 0 aliphatic heterocycles. The van der Waals surface area contributed by atoms with E-state index in [0.29, 0.717) is 29.2 Å². The van der Waals surface area contributed by atoms with Gasteiger partial charge in [-0.15, -0.1) is 0 Å². The van der Waals surface area contributed by atoms with Crippen molar-refractivity contribution < 1.29 is 9.21 Å². The maximum Gasteiger partial charge on any atom is 0.252 e. The average molecular weight is 455 g/mol. The lowest BCUT2D eigenvalue weighted by Gasteiger charge is -2.08. The van der Waals surface area contributed by atoms with Crippen LogP contribution in [0.1, 0.15) is 33.7 Å². The molecule has 5 aromatic rings. The number of para-hydroxylation sites is 1. The zero-order valence-corrected chi connectivity index (χ0v) is 19.4. The Bertz CT molecular complexity index is 1450. The Hall–Kier alpha value is -4.20. The van der Waals surface area contributed by atoms with Gasteiger partial charge in [-0.2, -0.15) is 10.2 Å². The average Bonchev–Trinajstić information content (AvgIpc) is 3.57. The number of benzene rings is 1. The number of amides is 1. The fraction of sp³-hybridized carbons (Fsp3) is 0.231. The molecule has 0 atom stereocenters. The summed E-state index contributed by atoms with van der Waals surface area (Å²) in [6.45, 7) is 4.46. The van der Waals surface area contributed by atoms with Gasteiger partial charge in [0.2, 0.25) is 0 Å². The molecule has 1 amide bonds. The van der Waals surface area contributed by atoms with Crippen molar-refractivity contribution in [2.45, 2.75) is 26.7 Å². The molecule has 1 aromatic carbocycles. The normalized spacial score (nSPS) is 11.3. The smallest absolute Gasteiger partial charge is 0.252 e. The summed E-state index contributed by atoms with van der Waals surface area (Å²) in [6.07, 6.45) is 5.29. The monoisotopic (exact) mass is 454 g/mol. The predicted molar refractivity (Wildman–Crippen MR) is 130 cm³/mol. The summed E-state index contributed by atoms with van der Waals surface area (Å²) in [4.78, 5) is 17.9. The molecular weight excluding hydrogens is 428 g/mol. The Labute approximate surface area is 197 Å². The van der Waals surface area contributed by atoms with Crippen LogP contribution in [0.15, 0.2) is 65.4 Å². The fourth-order valence-corrected chi connectivity index (χ4v) is 4.20. The molecule has 0 aliphatic carbocycles. The van der Waals surface area contributed by atoms with E-state index in [4.69, 9.17) is 4.42 Å². The Morgan fingerprint density at radius 3 is 2.65 bits per heavy atom. The zero-order valence-electron chi connectivity index (χ0n) is 19.4. The van der Waals surface area contributed by atoms with Crippen LogP contribution in [0.4, 0.5) is 0 Å². The maximum atomic E-state index is 13.2. The summed E-state index contributed by atoms with van der Waals surface area (Å²) in [5.74, 6) is 0.466. The first-order chi connectivity index (χ1) is 16.5. The molecule has 0 aliphatic rings. The number of fused-ring (bicyclic) bond motifs is 1. The first-order valence-electron chi connectivity index (χ1n) is 11.3. The predicted octanol–water partition coefficient (Wildman–Crippen LogP) is 4.39. The van der Waals surface area contributed by atoms with E-state index in [0.717, 1.165) is 35.3 Å². The Balaban J connectivity index is 1.30. The Kier molecular flexibility index (Phi) is 5.71. The van der Waals surface area contributed by atoms with Gasteiger partial charge in [0.05, 0.1) is 34.3 Å². The molecule has 8 heteroatoms. The van der Waals surface area contributed by atoms with Gasteiger partial charge in [-0.1, -0.05) is 18.2 Å². The molecule has 0 saturated heterocycles. The van der Waals surface area contributed by atoms with Crippen molar-refractivity contribution in [3.8, 4) is 17.1 Å². The molecule has 34 heavy (non-hydrogen) atoms. The van der Waals surface area contributed by atoms with Crippen LogP contribution in [-0.4, -0.2) is 37.0 Å². The van der Waals surface area contributed by atoms with Crippen molar-refractivity contribution in [1.29, 1.82) is 0 Å². The highest BCUT2D eigenvalue weighted by Crippen LogP contribution is 2.27. The minimum absolute atomic E-state index is 0.145. The Morgan fingerprint density at radius 1 is 1.06 bits per heavy atom. The van der Waals surface area contributed by atoms with Crippen LogP contribution in [0.3, 0.4) is 0 Å². The summed E-state index contributed by atoms with van der Waals surface area (Å²) in [7, 11) is 1.83. The molecule has 0 bridgehead atoms. The van der Waals surface area contributed by atoms with Crippen LogP contribution in [0.2, 0.25) is 0 Å². The maximum absolute atomic E-state index is 13.2. The van der Waals surface area contributed by atoms with Crippen LogP contribution >= 0.6 is 0 Å². The van der Waals surface area contributed by atoms with E-state index in [2.05, 4.69) is 26.7 Å². The summed E-state index contributed by atoms with van der Waals surface area (Å²) < 4.78 is 9.11. The van der Waals surface area contributed by atoms with Crippen LogP contribution in [0, 0.1) is 13.8 Å². The number of nitrogens with one attached hydrogen (secondary N) is 1. The van der Waals surface area contributed by atoms with Crippen molar-refractivity contribution in [3.05, 3.63) is 83.5 Å². The summed E-state index contributed by atoms with van der Waals surface area (Å²) in [5.41, 5.74) is 5.79. The van der Waals surface area contributed by atoms with Gasteiger partial charge >= 0.3 is 0 Å². The number of nitrogens with zero attached hydrogens (tertiary/aromatic N) is 5. The highest BCUT2D eigenvalue weighted by Gasteiger charge is 2.20. The van der Waals surface area contributed by atoms with Gasteiger partial charge in [0.15, 0.2) is 11.4 Å². The second-order valence-electron chi connectivity index (χ2n) is 8.32. The Morgan fingerprint density at radius 2 is 1.88 bits per heavy atom. The van der Waals surface area contributed by atoms with Gasteiger partial charge in [-0.05, 0) is 62.6 Å². The number of pyridine rings is 1. The molecule has 1 N–H and O–H groups in total. The van der Waals surface area contributed by atoms with Crippen molar-refractivity contribution in [1.82, 2.24) is 29.9 Å². The molecule has 4 heterocycles. The van der Waals surface area contributed by atoms with E-state index in [1.807, 2.05) is 62.0 Å². The van der Waals surface area contributed by atoms with E-state index in [1.165, 1.54) is 5.56 Å². The van der Waals surface area contributed by atoms with Crippen molar-refractivity contribution in [2.24, 2.45) is 7.05 Å². The largest absolute Gasteiger partial charge is 0.463 e. The van der Waals surface area contributed by atoms with Gasteiger partial charge in [-0.25, -0.2) is 9.67 Å². The number of carbonyl (C=O) groups excluding carboxylic acids is 1. The third-order valence-electron chi connectivity index (χ3n) is 5.92. The van der Waals surface area contributed by atoms with Crippen LogP contribution < -0.4 is 5.32 Å². The minimum atomic E-state index is -0.145. The molecule has 4 aromatic heterocycles. The fourth-order valence-electron chi connectivity index (χ4n) is 4.20. The second-order valence-corrected chi connectivity index (χ2v) is 8.32. The molecular formula is C26H26N6O2. The van der Waals surface area contributed by atoms with Crippen LogP contribution in [0.5, 0.6) is 0 Å². The zero-order chi connectivity index (χ0) is 23.7. The molecule has 0 spiro atoms. The number of hydrogen-bond donors (Lipinski definition) is 1. The number of aryl methyl sites for hydroxylation is 4. The summed E-state index contributed by atoms with van der Waals surface area (Å²) >= 11 is 0. The highest BCUT2D eigenvalue weighted by molar-refractivity contribution is 6.07. The number of hydrogen-bond acceptors (Lipinski definition) is 5. The third-order valence-corrected chi connectivity index (χ3v) is 5.92. The van der Waals surface area contributed by atoms with Crippen LogP contribution in [0.25, 0.3) is 28.2 Å². The molecule has 0 radical (unpaired) electrons. The van der Waals surface area contributed by atoms with Crippen molar-refractivity contribution >= 4 is 16.9 Å². The van der Waals surface area contributed by atoms with E-state index < -0.39 is 0 Å². The molecule has 0 unspecified atom stereocenters. The molecule has 5 rings (SSSR count). The number of carbonyl (C=O) groups is 1. The van der Waals surface area contributed by atoms with Crippen molar-refractivity contribution in [3.63, 3.8) is 0 Å². The quantitative estimate of drug-likeness (QED) is 0.368. The van der Waals surface area contributed by atoms with E-state index in [-0.39, 0.29) is 5.91 Å². The van der Waals surface area contributed by atoms with Gasteiger partial charge in [0.25, 0.3) is 5.91 Å². The van der Waals surface area contributed by atoms with Gasteiger partial charge < -0.3 is 9.73 Å².